The van der Waals surface area contributed by atoms with Crippen LogP contribution in [-0.4, -0.2) is 69.8 Å². The normalized spacial score (nSPS) is 14.0. The van der Waals surface area contributed by atoms with Crippen molar-refractivity contribution in [1.82, 2.24) is 24.3 Å². The molecule has 0 amide bonds. The zero-order valence-electron chi connectivity index (χ0n) is 18.9. The lowest BCUT2D eigenvalue weighted by Crippen LogP contribution is -2.47. The maximum Gasteiger partial charge on any atom is 0.230 e. The van der Waals surface area contributed by atoms with Crippen molar-refractivity contribution in [1.29, 1.82) is 0 Å². The largest absolute Gasteiger partial charge is 0.495 e. The van der Waals surface area contributed by atoms with E-state index in [4.69, 9.17) is 21.3 Å². The standard InChI is InChI=1S/C23H25ClN8O2/c1-25-22-26-14-27-23(29-22)31-7-5-30(6-8-31)16-3-4-32-12-19(28-21(32)10-16)17-11-18(24)20(34-2)9-15(17)13-33/h3-4,9-12,14,33H,5-8,13H2,1-2H3,(H,25,26,27,29). The third-order valence-electron chi connectivity index (χ3n) is 5.98. The van der Waals surface area contributed by atoms with Crippen molar-refractivity contribution in [3.05, 3.63) is 53.6 Å². The Morgan fingerprint density at radius 3 is 2.62 bits per heavy atom. The molecule has 0 radical (unpaired) electrons. The topological polar surface area (TPSA) is 104 Å². The maximum absolute atomic E-state index is 9.85. The van der Waals surface area contributed by atoms with E-state index in [9.17, 15) is 5.11 Å². The van der Waals surface area contributed by atoms with E-state index in [1.807, 2.05) is 16.8 Å². The average Bonchev–Trinajstić information content (AvgIpc) is 3.32. The number of hydrogen-bond acceptors (Lipinski definition) is 9. The van der Waals surface area contributed by atoms with Crippen molar-refractivity contribution in [3.8, 4) is 17.0 Å². The summed E-state index contributed by atoms with van der Waals surface area (Å²) in [6.07, 6.45) is 5.47. The smallest absolute Gasteiger partial charge is 0.230 e. The molecule has 1 saturated heterocycles. The van der Waals surface area contributed by atoms with Gasteiger partial charge in [0.15, 0.2) is 0 Å². The number of nitrogens with zero attached hydrogens (tertiary/aromatic N) is 7. The third-order valence-corrected chi connectivity index (χ3v) is 6.27. The van der Waals surface area contributed by atoms with Gasteiger partial charge in [-0.05, 0) is 23.8 Å². The van der Waals surface area contributed by atoms with E-state index in [2.05, 4.69) is 42.2 Å². The monoisotopic (exact) mass is 480 g/mol. The van der Waals surface area contributed by atoms with Crippen LogP contribution in [0.3, 0.4) is 0 Å². The molecule has 2 N–H and O–H groups in total. The van der Waals surface area contributed by atoms with Gasteiger partial charge in [0.2, 0.25) is 11.9 Å². The van der Waals surface area contributed by atoms with E-state index in [0.717, 1.165) is 48.8 Å². The number of fused-ring (bicyclic) bond motifs is 1. The fourth-order valence-corrected chi connectivity index (χ4v) is 4.38. The number of pyridine rings is 1. The van der Waals surface area contributed by atoms with Gasteiger partial charge >= 0.3 is 0 Å². The highest BCUT2D eigenvalue weighted by Crippen LogP contribution is 2.34. The second-order valence-corrected chi connectivity index (χ2v) is 8.32. The van der Waals surface area contributed by atoms with Gasteiger partial charge in [-0.25, -0.2) is 15.0 Å². The summed E-state index contributed by atoms with van der Waals surface area (Å²) in [5.74, 6) is 1.78. The maximum atomic E-state index is 9.85. The van der Waals surface area contributed by atoms with Crippen LogP contribution in [0.25, 0.3) is 16.9 Å². The molecule has 0 bridgehead atoms. The molecule has 1 fully saturated rings. The van der Waals surface area contributed by atoms with Gasteiger partial charge in [0.25, 0.3) is 0 Å². The van der Waals surface area contributed by atoms with Crippen LogP contribution in [0.4, 0.5) is 17.6 Å². The number of halogens is 1. The number of hydrogen-bond donors (Lipinski definition) is 2. The first-order chi connectivity index (χ1) is 16.6. The van der Waals surface area contributed by atoms with Crippen LogP contribution in [0.2, 0.25) is 5.02 Å². The predicted molar refractivity (Wildman–Crippen MR) is 132 cm³/mol. The molecule has 34 heavy (non-hydrogen) atoms. The lowest BCUT2D eigenvalue weighted by molar-refractivity contribution is 0.281. The minimum Gasteiger partial charge on any atom is -0.495 e. The number of aliphatic hydroxyl groups excluding tert-OH is 1. The quantitative estimate of drug-likeness (QED) is 0.431. The van der Waals surface area contributed by atoms with Crippen molar-refractivity contribution < 1.29 is 9.84 Å². The number of aliphatic hydroxyl groups is 1. The molecule has 0 unspecified atom stereocenters. The van der Waals surface area contributed by atoms with Gasteiger partial charge in [0, 0.05) is 62.9 Å². The second-order valence-electron chi connectivity index (χ2n) is 7.91. The van der Waals surface area contributed by atoms with Crippen LogP contribution < -0.4 is 19.9 Å². The zero-order valence-corrected chi connectivity index (χ0v) is 19.7. The summed E-state index contributed by atoms with van der Waals surface area (Å²) in [6, 6.07) is 7.70. The summed E-state index contributed by atoms with van der Waals surface area (Å²) < 4.78 is 7.25. The molecule has 1 aliphatic heterocycles. The number of methoxy groups -OCH3 is 1. The summed E-state index contributed by atoms with van der Waals surface area (Å²) in [7, 11) is 3.35. The Morgan fingerprint density at radius 2 is 1.88 bits per heavy atom. The lowest BCUT2D eigenvalue weighted by Gasteiger charge is -2.36. The number of rotatable bonds is 6. The van der Waals surface area contributed by atoms with E-state index in [0.29, 0.717) is 28.2 Å². The van der Waals surface area contributed by atoms with Crippen molar-refractivity contribution >= 4 is 34.8 Å². The van der Waals surface area contributed by atoms with E-state index in [1.165, 1.54) is 6.33 Å². The van der Waals surface area contributed by atoms with Crippen molar-refractivity contribution in [3.63, 3.8) is 0 Å². The van der Waals surface area contributed by atoms with Gasteiger partial charge in [-0.15, -0.1) is 0 Å². The number of ether oxygens (including phenoxy) is 1. The van der Waals surface area contributed by atoms with Gasteiger partial charge in [-0.1, -0.05) is 11.6 Å². The van der Waals surface area contributed by atoms with Crippen LogP contribution in [0.15, 0.2) is 43.0 Å². The van der Waals surface area contributed by atoms with Gasteiger partial charge in [0.05, 0.1) is 24.4 Å². The number of imidazole rings is 1. The molecule has 4 heterocycles. The van der Waals surface area contributed by atoms with Crippen molar-refractivity contribution in [2.75, 3.05) is 55.5 Å². The molecule has 3 aromatic heterocycles. The average molecular weight is 481 g/mol. The van der Waals surface area contributed by atoms with Gasteiger partial charge in [-0.3, -0.25) is 0 Å². The molecule has 0 saturated carbocycles. The second kappa shape index (κ2) is 9.32. The third kappa shape index (κ3) is 4.17. The van der Waals surface area contributed by atoms with Gasteiger partial charge in [0.1, 0.15) is 17.7 Å². The van der Waals surface area contributed by atoms with E-state index < -0.39 is 0 Å². The summed E-state index contributed by atoms with van der Waals surface area (Å²) in [5, 5.41) is 13.3. The Balaban J connectivity index is 1.36. The molecular formula is C23H25ClN8O2. The molecule has 4 aromatic rings. The fourth-order valence-electron chi connectivity index (χ4n) is 4.14. The van der Waals surface area contributed by atoms with Gasteiger partial charge in [-0.2, -0.15) is 4.98 Å². The highest BCUT2D eigenvalue weighted by Gasteiger charge is 2.20. The van der Waals surface area contributed by atoms with Crippen molar-refractivity contribution in [2.24, 2.45) is 0 Å². The Bertz CT molecular complexity index is 1320. The van der Waals surface area contributed by atoms with Crippen LogP contribution in [-0.2, 0) is 6.61 Å². The number of nitrogens with one attached hydrogen (secondary N) is 1. The van der Waals surface area contributed by atoms with Crippen molar-refractivity contribution in [2.45, 2.75) is 6.61 Å². The molecule has 1 aromatic carbocycles. The summed E-state index contributed by atoms with van der Waals surface area (Å²) in [6.45, 7) is 3.16. The molecule has 5 rings (SSSR count). The molecular weight excluding hydrogens is 456 g/mol. The first-order valence-corrected chi connectivity index (χ1v) is 11.3. The molecule has 0 aliphatic carbocycles. The Labute approximate surface area is 201 Å². The Hall–Kier alpha value is -3.63. The van der Waals surface area contributed by atoms with Crippen LogP contribution in [0.1, 0.15) is 5.56 Å². The predicted octanol–water partition coefficient (Wildman–Crippen LogP) is 2.71. The molecule has 0 spiro atoms. The molecule has 11 heteroatoms. The minimum absolute atomic E-state index is 0.136. The van der Waals surface area contributed by atoms with Crippen LogP contribution in [0, 0.1) is 0 Å². The van der Waals surface area contributed by atoms with E-state index in [1.54, 1.807) is 26.3 Å². The Kier molecular flexibility index (Phi) is 6.08. The van der Waals surface area contributed by atoms with Crippen LogP contribution in [0.5, 0.6) is 5.75 Å². The van der Waals surface area contributed by atoms with Crippen LogP contribution >= 0.6 is 11.6 Å². The van der Waals surface area contributed by atoms with Gasteiger partial charge < -0.3 is 29.4 Å². The zero-order chi connectivity index (χ0) is 23.7. The Morgan fingerprint density at radius 1 is 1.09 bits per heavy atom. The van der Waals surface area contributed by atoms with E-state index in [-0.39, 0.29) is 6.61 Å². The minimum atomic E-state index is -0.136. The summed E-state index contributed by atoms with van der Waals surface area (Å²) in [5.41, 5.74) is 4.16. The summed E-state index contributed by atoms with van der Waals surface area (Å²) >= 11 is 6.34. The first kappa shape index (κ1) is 22.2. The highest BCUT2D eigenvalue weighted by molar-refractivity contribution is 6.32. The number of aromatic nitrogens is 5. The SMILES string of the molecule is CNc1ncnc(N2CCN(c3ccn4cc(-c5cc(Cl)c(OC)cc5CO)nc4c3)CC2)n1. The number of benzene rings is 1. The fraction of sp³-hybridized carbons (Fsp3) is 0.304. The summed E-state index contributed by atoms with van der Waals surface area (Å²) in [4.78, 5) is 22.1. The molecule has 1 aliphatic rings. The molecule has 10 nitrogen and oxygen atoms in total. The molecule has 176 valence electrons. The number of anilines is 3. The number of piperazine rings is 1. The molecule has 0 atom stereocenters. The highest BCUT2D eigenvalue weighted by atomic mass is 35.5. The first-order valence-electron chi connectivity index (χ1n) is 10.9. The lowest BCUT2D eigenvalue weighted by atomic mass is 10.1. The van der Waals surface area contributed by atoms with E-state index >= 15 is 0 Å².